The van der Waals surface area contributed by atoms with E-state index in [0.717, 1.165) is 12.1 Å². The van der Waals surface area contributed by atoms with Crippen molar-refractivity contribution in [2.45, 2.75) is 25.5 Å². The molecule has 0 saturated carbocycles. The van der Waals surface area contributed by atoms with Crippen LogP contribution in [0.15, 0.2) is 18.2 Å². The van der Waals surface area contributed by atoms with Crippen molar-refractivity contribution in [1.82, 2.24) is 5.32 Å². The lowest BCUT2D eigenvalue weighted by molar-refractivity contribution is -0.00441. The van der Waals surface area contributed by atoms with E-state index in [-0.39, 0.29) is 12.3 Å². The van der Waals surface area contributed by atoms with Crippen molar-refractivity contribution in [3.05, 3.63) is 29.6 Å². The number of aliphatic hydroxyl groups is 1. The lowest BCUT2D eigenvalue weighted by atomic mass is 10.1. The second-order valence-corrected chi connectivity index (χ2v) is 3.73. The summed E-state index contributed by atoms with van der Waals surface area (Å²) in [5.41, 5.74) is 0.382. The Morgan fingerprint density at radius 2 is 2.00 bits per heavy atom. The van der Waals surface area contributed by atoms with E-state index in [1.165, 1.54) is 6.07 Å². The molecule has 0 fully saturated rings. The molecule has 2 atom stereocenters. The van der Waals surface area contributed by atoms with Crippen LogP contribution in [0.4, 0.5) is 13.2 Å². The standard InChI is InChI=1S/C11H14F3NO2/c1-6(15-5-10(17)11(13)14)8-3-2-7(12)4-9(8)16/h2-4,6,10-11,15-17H,5H2,1H3. The zero-order chi connectivity index (χ0) is 13.0. The van der Waals surface area contributed by atoms with Crippen LogP contribution in [-0.4, -0.2) is 29.3 Å². The van der Waals surface area contributed by atoms with Crippen LogP contribution < -0.4 is 5.32 Å². The monoisotopic (exact) mass is 249 g/mol. The van der Waals surface area contributed by atoms with Gasteiger partial charge in [0.1, 0.15) is 17.7 Å². The lowest BCUT2D eigenvalue weighted by Crippen LogP contribution is -2.33. The molecular weight excluding hydrogens is 235 g/mol. The maximum atomic E-state index is 12.7. The first-order chi connectivity index (χ1) is 7.91. The molecule has 0 spiro atoms. The largest absolute Gasteiger partial charge is 0.508 e. The Hall–Kier alpha value is -1.27. The number of hydrogen-bond acceptors (Lipinski definition) is 3. The molecule has 0 bridgehead atoms. The number of nitrogens with one attached hydrogen (secondary N) is 1. The van der Waals surface area contributed by atoms with Crippen LogP contribution in [0.3, 0.4) is 0 Å². The SMILES string of the molecule is CC(NCC(O)C(F)F)c1ccc(F)cc1O. The Morgan fingerprint density at radius 3 is 2.53 bits per heavy atom. The minimum Gasteiger partial charge on any atom is -0.508 e. The summed E-state index contributed by atoms with van der Waals surface area (Å²) in [5, 5.41) is 21.0. The molecular formula is C11H14F3NO2. The molecule has 1 rings (SSSR count). The molecule has 0 aliphatic carbocycles. The van der Waals surface area contributed by atoms with E-state index in [2.05, 4.69) is 5.32 Å². The highest BCUT2D eigenvalue weighted by molar-refractivity contribution is 5.34. The maximum Gasteiger partial charge on any atom is 0.265 e. The third-order valence-corrected chi connectivity index (χ3v) is 2.38. The molecule has 2 unspecified atom stereocenters. The first kappa shape index (κ1) is 13.8. The number of halogens is 3. The van der Waals surface area contributed by atoms with Crippen molar-refractivity contribution >= 4 is 0 Å². The normalized spacial score (nSPS) is 14.9. The van der Waals surface area contributed by atoms with Gasteiger partial charge in [0.25, 0.3) is 6.43 Å². The molecule has 1 aromatic rings. The van der Waals surface area contributed by atoms with Crippen LogP contribution in [0.1, 0.15) is 18.5 Å². The average molecular weight is 249 g/mol. The van der Waals surface area contributed by atoms with Crippen LogP contribution >= 0.6 is 0 Å². The van der Waals surface area contributed by atoms with Gasteiger partial charge in [0.05, 0.1) is 0 Å². The van der Waals surface area contributed by atoms with Gasteiger partial charge in [-0.15, -0.1) is 0 Å². The number of phenolic OH excluding ortho intramolecular Hbond substituents is 1. The molecule has 0 aromatic heterocycles. The summed E-state index contributed by atoms with van der Waals surface area (Å²) >= 11 is 0. The van der Waals surface area contributed by atoms with Gasteiger partial charge in [0, 0.05) is 24.2 Å². The number of rotatable bonds is 5. The fourth-order valence-electron chi connectivity index (χ4n) is 1.38. The van der Waals surface area contributed by atoms with Crippen molar-refractivity contribution < 1.29 is 23.4 Å². The molecule has 0 amide bonds. The first-order valence-electron chi connectivity index (χ1n) is 5.10. The van der Waals surface area contributed by atoms with Crippen LogP contribution in [0.25, 0.3) is 0 Å². The van der Waals surface area contributed by atoms with Gasteiger partial charge in [-0.1, -0.05) is 6.07 Å². The summed E-state index contributed by atoms with van der Waals surface area (Å²) < 4.78 is 36.8. The van der Waals surface area contributed by atoms with Crippen LogP contribution in [-0.2, 0) is 0 Å². The van der Waals surface area contributed by atoms with Gasteiger partial charge in [0.15, 0.2) is 0 Å². The van der Waals surface area contributed by atoms with E-state index in [0.29, 0.717) is 5.56 Å². The van der Waals surface area contributed by atoms with Gasteiger partial charge in [-0.25, -0.2) is 13.2 Å². The summed E-state index contributed by atoms with van der Waals surface area (Å²) in [6.45, 7) is 1.31. The van der Waals surface area contributed by atoms with E-state index in [1.807, 2.05) is 0 Å². The van der Waals surface area contributed by atoms with Crippen molar-refractivity contribution in [2.75, 3.05) is 6.54 Å². The molecule has 17 heavy (non-hydrogen) atoms. The lowest BCUT2D eigenvalue weighted by Gasteiger charge is -2.18. The second-order valence-electron chi connectivity index (χ2n) is 3.73. The van der Waals surface area contributed by atoms with Crippen LogP contribution in [0, 0.1) is 5.82 Å². The highest BCUT2D eigenvalue weighted by Gasteiger charge is 2.18. The zero-order valence-electron chi connectivity index (χ0n) is 9.20. The second kappa shape index (κ2) is 5.88. The molecule has 96 valence electrons. The number of hydrogen-bond donors (Lipinski definition) is 3. The minimum atomic E-state index is -2.82. The summed E-state index contributed by atoms with van der Waals surface area (Å²) in [7, 11) is 0. The van der Waals surface area contributed by atoms with E-state index < -0.39 is 24.4 Å². The molecule has 3 N–H and O–H groups in total. The molecule has 3 nitrogen and oxygen atoms in total. The van der Waals surface area contributed by atoms with Gasteiger partial charge in [-0.3, -0.25) is 0 Å². The van der Waals surface area contributed by atoms with Gasteiger partial charge in [-0.2, -0.15) is 0 Å². The third kappa shape index (κ3) is 3.90. The highest BCUT2D eigenvalue weighted by atomic mass is 19.3. The van der Waals surface area contributed by atoms with Crippen LogP contribution in [0.5, 0.6) is 5.75 Å². The van der Waals surface area contributed by atoms with Gasteiger partial charge in [-0.05, 0) is 13.0 Å². The molecule has 0 aliphatic rings. The van der Waals surface area contributed by atoms with E-state index in [1.54, 1.807) is 6.92 Å². The van der Waals surface area contributed by atoms with Crippen molar-refractivity contribution in [2.24, 2.45) is 0 Å². The number of benzene rings is 1. The Labute approximate surface area is 96.9 Å². The quantitative estimate of drug-likeness (QED) is 0.746. The number of alkyl halides is 2. The zero-order valence-corrected chi connectivity index (χ0v) is 9.20. The Bertz CT molecular complexity index is 374. The van der Waals surface area contributed by atoms with Gasteiger partial charge >= 0.3 is 0 Å². The predicted molar refractivity (Wildman–Crippen MR) is 56.5 cm³/mol. The molecule has 0 aliphatic heterocycles. The molecule has 0 heterocycles. The Balaban J connectivity index is 2.61. The Kier molecular flexibility index (Phi) is 4.77. The van der Waals surface area contributed by atoms with Crippen molar-refractivity contribution in [3.8, 4) is 5.75 Å². The van der Waals surface area contributed by atoms with E-state index >= 15 is 0 Å². The molecule has 1 aromatic carbocycles. The third-order valence-electron chi connectivity index (χ3n) is 2.38. The number of phenols is 1. The number of aliphatic hydroxyl groups excluding tert-OH is 1. The topological polar surface area (TPSA) is 52.5 Å². The molecule has 0 saturated heterocycles. The highest BCUT2D eigenvalue weighted by Crippen LogP contribution is 2.24. The predicted octanol–water partition coefficient (Wildman–Crippen LogP) is 1.81. The van der Waals surface area contributed by atoms with Crippen molar-refractivity contribution in [1.29, 1.82) is 0 Å². The smallest absolute Gasteiger partial charge is 0.265 e. The van der Waals surface area contributed by atoms with E-state index in [4.69, 9.17) is 5.11 Å². The van der Waals surface area contributed by atoms with Gasteiger partial charge in [0.2, 0.25) is 0 Å². The van der Waals surface area contributed by atoms with Crippen molar-refractivity contribution in [3.63, 3.8) is 0 Å². The Morgan fingerprint density at radius 1 is 1.35 bits per heavy atom. The molecule has 0 radical (unpaired) electrons. The maximum absolute atomic E-state index is 12.7. The summed E-state index contributed by atoms with van der Waals surface area (Å²) in [5.74, 6) is -0.831. The fourth-order valence-corrected chi connectivity index (χ4v) is 1.38. The number of aromatic hydroxyl groups is 1. The summed E-state index contributed by atoms with van der Waals surface area (Å²) in [6.07, 6.45) is -4.59. The van der Waals surface area contributed by atoms with Crippen LogP contribution in [0.2, 0.25) is 0 Å². The molecule has 6 heteroatoms. The summed E-state index contributed by atoms with van der Waals surface area (Å²) in [4.78, 5) is 0. The minimum absolute atomic E-state index is 0.253. The fraction of sp³-hybridized carbons (Fsp3) is 0.455. The first-order valence-corrected chi connectivity index (χ1v) is 5.10. The van der Waals surface area contributed by atoms with E-state index in [9.17, 15) is 18.3 Å². The summed E-state index contributed by atoms with van der Waals surface area (Å²) in [6, 6.07) is 2.99. The average Bonchev–Trinajstić information content (AvgIpc) is 2.25. The van der Waals surface area contributed by atoms with Gasteiger partial charge < -0.3 is 15.5 Å².